The molecular formula is C21H18N2O5S. The number of fused-ring (bicyclic) bond motifs is 1. The molecule has 1 amide bonds. The van der Waals surface area contributed by atoms with E-state index in [1.54, 1.807) is 43.3 Å². The quantitative estimate of drug-likeness (QED) is 0.715. The molecule has 0 saturated heterocycles. The Morgan fingerprint density at radius 2 is 1.86 bits per heavy atom. The molecule has 0 saturated carbocycles. The van der Waals surface area contributed by atoms with E-state index in [0.717, 1.165) is 10.9 Å². The van der Waals surface area contributed by atoms with E-state index in [4.69, 9.17) is 9.47 Å². The number of hydrogen-bond donors (Lipinski definition) is 1. The van der Waals surface area contributed by atoms with Crippen molar-refractivity contribution < 1.29 is 22.7 Å². The van der Waals surface area contributed by atoms with Crippen molar-refractivity contribution in [2.75, 3.05) is 11.1 Å². The third kappa shape index (κ3) is 2.71. The zero-order chi connectivity index (χ0) is 20.2. The lowest BCUT2D eigenvalue weighted by atomic mass is 10.1. The van der Waals surface area contributed by atoms with E-state index in [-0.39, 0.29) is 24.1 Å². The van der Waals surface area contributed by atoms with E-state index in [2.05, 4.69) is 5.32 Å². The molecule has 2 aliphatic rings. The fourth-order valence-corrected chi connectivity index (χ4v) is 5.70. The Morgan fingerprint density at radius 3 is 2.69 bits per heavy atom. The summed E-state index contributed by atoms with van der Waals surface area (Å²) >= 11 is 0. The summed E-state index contributed by atoms with van der Waals surface area (Å²) in [7, 11) is -3.80. The number of carbonyl (C=O) groups excluding carboxylic acids is 1. The highest BCUT2D eigenvalue weighted by atomic mass is 32.2. The first-order valence-electron chi connectivity index (χ1n) is 9.19. The van der Waals surface area contributed by atoms with Gasteiger partial charge in [0.15, 0.2) is 11.5 Å². The summed E-state index contributed by atoms with van der Waals surface area (Å²) in [5.74, 6) is 0.924. The van der Waals surface area contributed by atoms with Crippen molar-refractivity contribution in [3.8, 4) is 11.5 Å². The van der Waals surface area contributed by atoms with Gasteiger partial charge >= 0.3 is 0 Å². The molecule has 5 rings (SSSR count). The molecule has 0 aliphatic carbocycles. The monoisotopic (exact) mass is 410 g/mol. The second kappa shape index (κ2) is 6.38. The summed E-state index contributed by atoms with van der Waals surface area (Å²) in [6.45, 7) is 2.03. The van der Waals surface area contributed by atoms with Crippen molar-refractivity contribution in [3.05, 3.63) is 60.2 Å². The maximum atomic E-state index is 13.1. The molecule has 7 nitrogen and oxygen atoms in total. The van der Waals surface area contributed by atoms with Crippen molar-refractivity contribution >= 4 is 32.4 Å². The lowest BCUT2D eigenvalue weighted by Crippen LogP contribution is -2.46. The van der Waals surface area contributed by atoms with Crippen LogP contribution in [0.3, 0.4) is 0 Å². The highest BCUT2D eigenvalue weighted by molar-refractivity contribution is 7.93. The molecule has 1 atom stereocenters. The molecule has 0 fully saturated rings. The van der Waals surface area contributed by atoms with E-state index in [1.165, 1.54) is 4.31 Å². The molecule has 0 radical (unpaired) electrons. The highest BCUT2D eigenvalue weighted by Gasteiger charge is 2.40. The van der Waals surface area contributed by atoms with Crippen LogP contribution < -0.4 is 19.1 Å². The van der Waals surface area contributed by atoms with Gasteiger partial charge in [0.1, 0.15) is 6.04 Å². The number of benzene rings is 3. The second-order valence-corrected chi connectivity index (χ2v) is 8.80. The van der Waals surface area contributed by atoms with Crippen molar-refractivity contribution in [2.24, 2.45) is 0 Å². The van der Waals surface area contributed by atoms with Crippen LogP contribution >= 0.6 is 0 Å². The first-order chi connectivity index (χ1) is 14.0. The molecule has 3 aromatic carbocycles. The van der Waals surface area contributed by atoms with Gasteiger partial charge in [-0.1, -0.05) is 30.3 Å². The van der Waals surface area contributed by atoms with Crippen LogP contribution in [0, 0.1) is 0 Å². The number of amides is 1. The van der Waals surface area contributed by atoms with Gasteiger partial charge in [-0.25, -0.2) is 8.42 Å². The van der Waals surface area contributed by atoms with Gasteiger partial charge in [0.2, 0.25) is 12.7 Å². The molecule has 8 heteroatoms. The minimum Gasteiger partial charge on any atom is -0.454 e. The summed E-state index contributed by atoms with van der Waals surface area (Å²) in [4.78, 5) is 13.1. The van der Waals surface area contributed by atoms with Crippen LogP contribution in [-0.2, 0) is 21.4 Å². The molecule has 2 aliphatic heterocycles. The Hall–Kier alpha value is -3.26. The number of rotatable bonds is 4. The van der Waals surface area contributed by atoms with Crippen molar-refractivity contribution in [1.29, 1.82) is 0 Å². The van der Waals surface area contributed by atoms with Crippen molar-refractivity contribution in [2.45, 2.75) is 24.4 Å². The Kier molecular flexibility index (Phi) is 3.92. The number of anilines is 1. The fourth-order valence-electron chi connectivity index (χ4n) is 3.83. The van der Waals surface area contributed by atoms with E-state index in [1.807, 2.05) is 18.2 Å². The average Bonchev–Trinajstić information content (AvgIpc) is 3.27. The van der Waals surface area contributed by atoms with Gasteiger partial charge in [-0.3, -0.25) is 9.10 Å². The van der Waals surface area contributed by atoms with Crippen LogP contribution in [0.15, 0.2) is 59.5 Å². The molecular weight excluding hydrogens is 392 g/mol. The Labute approximate surface area is 167 Å². The SMILES string of the molecule is C[C@@H](C(=O)NCc1ccc2c(c1)OCO2)N1c2cccc3cccc(c23)S1(=O)=O. The van der Waals surface area contributed by atoms with Gasteiger partial charge in [-0.15, -0.1) is 0 Å². The first kappa shape index (κ1) is 17.8. The van der Waals surface area contributed by atoms with Gasteiger partial charge in [-0.2, -0.15) is 0 Å². The maximum absolute atomic E-state index is 13.1. The molecule has 3 aromatic rings. The van der Waals surface area contributed by atoms with E-state index < -0.39 is 16.1 Å². The van der Waals surface area contributed by atoms with Crippen LogP contribution in [0.1, 0.15) is 12.5 Å². The van der Waals surface area contributed by atoms with Crippen LogP contribution in [0.25, 0.3) is 10.8 Å². The number of hydrogen-bond acceptors (Lipinski definition) is 5. The van der Waals surface area contributed by atoms with Crippen LogP contribution in [0.4, 0.5) is 5.69 Å². The molecule has 2 heterocycles. The van der Waals surface area contributed by atoms with Gasteiger partial charge < -0.3 is 14.8 Å². The zero-order valence-electron chi connectivity index (χ0n) is 15.6. The summed E-state index contributed by atoms with van der Waals surface area (Å²) in [6, 6.07) is 15.1. The molecule has 0 aromatic heterocycles. The van der Waals surface area contributed by atoms with Crippen molar-refractivity contribution in [3.63, 3.8) is 0 Å². The molecule has 0 spiro atoms. The van der Waals surface area contributed by atoms with Gasteiger partial charge in [0.25, 0.3) is 10.0 Å². The lowest BCUT2D eigenvalue weighted by molar-refractivity contribution is -0.122. The summed E-state index contributed by atoms with van der Waals surface area (Å²) in [5, 5.41) is 4.31. The van der Waals surface area contributed by atoms with E-state index in [9.17, 15) is 13.2 Å². The number of nitrogens with one attached hydrogen (secondary N) is 1. The highest BCUT2D eigenvalue weighted by Crippen LogP contribution is 2.43. The molecule has 148 valence electrons. The van der Waals surface area contributed by atoms with Crippen molar-refractivity contribution in [1.82, 2.24) is 5.32 Å². The van der Waals surface area contributed by atoms with Gasteiger partial charge in [-0.05, 0) is 42.1 Å². The number of sulfonamides is 1. The second-order valence-electron chi connectivity index (χ2n) is 7.01. The van der Waals surface area contributed by atoms with Crippen LogP contribution in [0.2, 0.25) is 0 Å². The predicted octanol–water partition coefficient (Wildman–Crippen LogP) is 2.78. The smallest absolute Gasteiger partial charge is 0.265 e. The van der Waals surface area contributed by atoms with Crippen LogP contribution in [0.5, 0.6) is 11.5 Å². The van der Waals surface area contributed by atoms with E-state index >= 15 is 0 Å². The Bertz CT molecular complexity index is 1250. The first-order valence-corrected chi connectivity index (χ1v) is 10.6. The molecule has 0 unspecified atom stereocenters. The third-order valence-corrected chi connectivity index (χ3v) is 7.18. The largest absolute Gasteiger partial charge is 0.454 e. The predicted molar refractivity (Wildman–Crippen MR) is 107 cm³/mol. The Balaban J connectivity index is 1.40. The molecule has 0 bridgehead atoms. The topological polar surface area (TPSA) is 84.9 Å². The van der Waals surface area contributed by atoms with Gasteiger partial charge in [0, 0.05) is 11.9 Å². The number of nitrogens with zero attached hydrogens (tertiary/aromatic N) is 1. The standard InChI is InChI=1S/C21H18N2O5S/c1-13(21(24)22-11-14-8-9-17-18(10-14)28-12-27-17)23-16-6-2-4-15-5-3-7-19(20(15)16)29(23,25)26/h2-10,13H,11-12H2,1H3,(H,22,24)/t13-/m0/s1. The van der Waals surface area contributed by atoms with E-state index in [0.29, 0.717) is 22.6 Å². The molecule has 1 N–H and O–H groups in total. The Morgan fingerprint density at radius 1 is 1.10 bits per heavy atom. The zero-order valence-corrected chi connectivity index (χ0v) is 16.4. The van der Waals surface area contributed by atoms with Gasteiger partial charge in [0.05, 0.1) is 10.6 Å². The lowest BCUT2D eigenvalue weighted by Gasteiger charge is -2.25. The minimum absolute atomic E-state index is 0.182. The average molecular weight is 410 g/mol. The normalized spacial score (nSPS) is 16.8. The summed E-state index contributed by atoms with van der Waals surface area (Å²) in [5.41, 5.74) is 1.37. The maximum Gasteiger partial charge on any atom is 0.265 e. The number of ether oxygens (including phenoxy) is 2. The summed E-state index contributed by atoms with van der Waals surface area (Å²) in [6.07, 6.45) is 0. The number of carbonyl (C=O) groups is 1. The van der Waals surface area contributed by atoms with Crippen LogP contribution in [-0.4, -0.2) is 27.2 Å². The molecule has 29 heavy (non-hydrogen) atoms. The fraction of sp³-hybridized carbons (Fsp3) is 0.190. The summed E-state index contributed by atoms with van der Waals surface area (Å²) < 4.78 is 38.1. The third-order valence-electron chi connectivity index (χ3n) is 5.25. The minimum atomic E-state index is -3.80.